The first-order chi connectivity index (χ1) is 14.0. The van der Waals surface area contributed by atoms with E-state index in [-0.39, 0.29) is 22.3 Å². The molecule has 158 valence electrons. The summed E-state index contributed by atoms with van der Waals surface area (Å²) in [6.07, 6.45) is -1.86. The minimum absolute atomic E-state index is 0.0103. The normalized spacial score (nSPS) is 11.9. The molecule has 1 aromatic carbocycles. The number of hydrogen-bond donors (Lipinski definition) is 2. The van der Waals surface area contributed by atoms with Gasteiger partial charge in [-0.3, -0.25) is 9.52 Å². The monoisotopic (exact) mass is 456 g/mol. The van der Waals surface area contributed by atoms with E-state index in [0.29, 0.717) is 5.56 Å². The van der Waals surface area contributed by atoms with Crippen molar-refractivity contribution in [3.63, 3.8) is 0 Å². The van der Waals surface area contributed by atoms with E-state index in [1.807, 2.05) is 0 Å². The molecule has 7 nitrogen and oxygen atoms in total. The number of halogens is 3. The minimum Gasteiger partial charge on any atom is -0.347 e. The van der Waals surface area contributed by atoms with Crippen molar-refractivity contribution in [2.45, 2.75) is 24.5 Å². The topological polar surface area (TPSA) is 101 Å². The van der Waals surface area contributed by atoms with E-state index in [1.165, 1.54) is 41.8 Å². The predicted octanol–water partition coefficient (Wildman–Crippen LogP) is 3.60. The van der Waals surface area contributed by atoms with Crippen LogP contribution in [0, 0.1) is 6.92 Å². The number of aromatic nitrogens is 2. The van der Waals surface area contributed by atoms with E-state index in [1.54, 1.807) is 6.92 Å². The number of anilines is 1. The van der Waals surface area contributed by atoms with E-state index < -0.39 is 27.7 Å². The smallest absolute Gasteiger partial charge is 0.347 e. The molecule has 0 aliphatic heterocycles. The van der Waals surface area contributed by atoms with Gasteiger partial charge in [-0.05, 0) is 36.8 Å². The standard InChI is InChI=1S/C18H15F3N4O3S2/c1-11-8-24-17(29-11)25-30(27,28)14-6-7-15(22-10-14)16(26)23-9-12-2-4-13(5-3-12)18(19,20)21/h2-8,10H,9H2,1H3,(H,23,26)(H,24,25). The Balaban J connectivity index is 1.62. The summed E-state index contributed by atoms with van der Waals surface area (Å²) in [5, 5.41) is 2.73. The maximum atomic E-state index is 12.6. The lowest BCUT2D eigenvalue weighted by Gasteiger charge is -2.09. The summed E-state index contributed by atoms with van der Waals surface area (Å²) in [5.41, 5.74) is -0.345. The van der Waals surface area contributed by atoms with E-state index in [2.05, 4.69) is 20.0 Å². The van der Waals surface area contributed by atoms with Crippen LogP contribution in [-0.2, 0) is 22.7 Å². The molecule has 0 saturated heterocycles. The highest BCUT2D eigenvalue weighted by molar-refractivity contribution is 7.93. The van der Waals surface area contributed by atoms with Crippen LogP contribution < -0.4 is 10.0 Å². The van der Waals surface area contributed by atoms with Gasteiger partial charge in [-0.15, -0.1) is 11.3 Å². The highest BCUT2D eigenvalue weighted by atomic mass is 32.2. The van der Waals surface area contributed by atoms with Gasteiger partial charge in [0.1, 0.15) is 10.6 Å². The van der Waals surface area contributed by atoms with Crippen LogP contribution in [0.5, 0.6) is 0 Å². The molecule has 3 aromatic rings. The van der Waals surface area contributed by atoms with Gasteiger partial charge in [-0.2, -0.15) is 13.2 Å². The van der Waals surface area contributed by atoms with E-state index in [4.69, 9.17) is 0 Å². The van der Waals surface area contributed by atoms with Gasteiger partial charge in [0.2, 0.25) is 0 Å². The van der Waals surface area contributed by atoms with Crippen LogP contribution in [0.2, 0.25) is 0 Å². The molecular formula is C18H15F3N4O3S2. The third kappa shape index (κ3) is 5.33. The number of alkyl halides is 3. The number of amides is 1. The Morgan fingerprint density at radius 3 is 2.30 bits per heavy atom. The SMILES string of the molecule is Cc1cnc(NS(=O)(=O)c2ccc(C(=O)NCc3ccc(C(F)(F)F)cc3)nc2)s1. The van der Waals surface area contributed by atoms with Gasteiger partial charge in [-0.25, -0.2) is 18.4 Å². The molecule has 0 saturated carbocycles. The zero-order valence-corrected chi connectivity index (χ0v) is 17.0. The summed E-state index contributed by atoms with van der Waals surface area (Å²) in [6.45, 7) is 1.78. The zero-order valence-electron chi connectivity index (χ0n) is 15.4. The molecule has 0 atom stereocenters. The van der Waals surface area contributed by atoms with Crippen LogP contribution in [0.4, 0.5) is 18.3 Å². The van der Waals surface area contributed by atoms with Crippen molar-refractivity contribution in [1.29, 1.82) is 0 Å². The molecule has 0 fully saturated rings. The lowest BCUT2D eigenvalue weighted by molar-refractivity contribution is -0.137. The Morgan fingerprint density at radius 2 is 1.77 bits per heavy atom. The van der Waals surface area contributed by atoms with E-state index in [0.717, 1.165) is 23.2 Å². The number of thiazole rings is 1. The van der Waals surface area contributed by atoms with Crippen LogP contribution >= 0.6 is 11.3 Å². The average Bonchev–Trinajstić information content (AvgIpc) is 3.09. The van der Waals surface area contributed by atoms with Crippen molar-refractivity contribution in [1.82, 2.24) is 15.3 Å². The second kappa shape index (κ2) is 8.40. The van der Waals surface area contributed by atoms with Crippen LogP contribution in [0.15, 0.2) is 53.7 Å². The first-order valence-corrected chi connectivity index (χ1v) is 10.7. The molecule has 0 bridgehead atoms. The van der Waals surface area contributed by atoms with E-state index >= 15 is 0 Å². The molecule has 0 radical (unpaired) electrons. The zero-order chi connectivity index (χ0) is 21.9. The number of rotatable bonds is 6. The molecule has 2 heterocycles. The molecular weight excluding hydrogens is 441 g/mol. The fourth-order valence-corrected chi connectivity index (χ4v) is 4.18. The highest BCUT2D eigenvalue weighted by Crippen LogP contribution is 2.29. The van der Waals surface area contributed by atoms with Crippen LogP contribution in [0.1, 0.15) is 26.5 Å². The fraction of sp³-hybridized carbons (Fsp3) is 0.167. The third-order valence-electron chi connectivity index (χ3n) is 3.86. The molecule has 2 N–H and O–H groups in total. The van der Waals surface area contributed by atoms with Crippen molar-refractivity contribution < 1.29 is 26.4 Å². The number of carbonyl (C=O) groups excluding carboxylic acids is 1. The first kappa shape index (κ1) is 21.7. The van der Waals surface area contributed by atoms with Crippen LogP contribution in [0.25, 0.3) is 0 Å². The number of aryl methyl sites for hydroxylation is 1. The van der Waals surface area contributed by atoms with E-state index in [9.17, 15) is 26.4 Å². The summed E-state index contributed by atoms with van der Waals surface area (Å²) >= 11 is 1.18. The Bertz CT molecular complexity index is 1140. The highest BCUT2D eigenvalue weighted by Gasteiger charge is 2.29. The van der Waals surface area contributed by atoms with Gasteiger partial charge in [0.05, 0.1) is 5.56 Å². The Hall–Kier alpha value is -2.99. The van der Waals surface area contributed by atoms with Gasteiger partial charge < -0.3 is 5.32 Å². The molecule has 12 heteroatoms. The fourth-order valence-electron chi connectivity index (χ4n) is 2.33. The second-order valence-electron chi connectivity index (χ2n) is 6.14. The summed E-state index contributed by atoms with van der Waals surface area (Å²) in [5.74, 6) is -0.595. The van der Waals surface area contributed by atoms with Crippen molar-refractivity contribution in [2.75, 3.05) is 4.72 Å². The number of pyridine rings is 1. The summed E-state index contributed by atoms with van der Waals surface area (Å²) in [4.78, 5) is 20.6. The van der Waals surface area contributed by atoms with Crippen LogP contribution in [-0.4, -0.2) is 24.3 Å². The van der Waals surface area contributed by atoms with Crippen LogP contribution in [0.3, 0.4) is 0 Å². The van der Waals surface area contributed by atoms with Crippen molar-refractivity contribution in [3.05, 3.63) is 70.5 Å². The average molecular weight is 456 g/mol. The maximum absolute atomic E-state index is 12.6. The Morgan fingerprint density at radius 1 is 1.07 bits per heavy atom. The van der Waals surface area contributed by atoms with Crippen molar-refractivity contribution in [3.8, 4) is 0 Å². The Labute approximate surface area is 174 Å². The lowest BCUT2D eigenvalue weighted by Crippen LogP contribution is -2.24. The number of nitrogens with zero attached hydrogens (tertiary/aromatic N) is 2. The summed E-state index contributed by atoms with van der Waals surface area (Å²) < 4.78 is 64.7. The first-order valence-electron chi connectivity index (χ1n) is 8.40. The van der Waals surface area contributed by atoms with Crippen molar-refractivity contribution in [2.24, 2.45) is 0 Å². The Kier molecular flexibility index (Phi) is 6.08. The molecule has 0 aliphatic carbocycles. The molecule has 30 heavy (non-hydrogen) atoms. The van der Waals surface area contributed by atoms with Crippen molar-refractivity contribution >= 4 is 32.4 Å². The molecule has 1 amide bonds. The van der Waals surface area contributed by atoms with Gasteiger partial charge >= 0.3 is 6.18 Å². The molecule has 0 aliphatic rings. The largest absolute Gasteiger partial charge is 0.416 e. The number of hydrogen-bond acceptors (Lipinski definition) is 6. The quantitative estimate of drug-likeness (QED) is 0.590. The molecule has 2 aromatic heterocycles. The molecule has 0 spiro atoms. The minimum atomic E-state index is -4.43. The third-order valence-corrected chi connectivity index (χ3v) is 6.14. The number of carbonyl (C=O) groups is 1. The second-order valence-corrected chi connectivity index (χ2v) is 9.06. The van der Waals surface area contributed by atoms with Gasteiger partial charge in [0.15, 0.2) is 5.13 Å². The summed E-state index contributed by atoms with van der Waals surface area (Å²) in [6, 6.07) is 6.84. The maximum Gasteiger partial charge on any atom is 0.416 e. The summed E-state index contributed by atoms with van der Waals surface area (Å²) in [7, 11) is -3.90. The van der Waals surface area contributed by atoms with Gasteiger partial charge in [-0.1, -0.05) is 12.1 Å². The molecule has 3 rings (SSSR count). The van der Waals surface area contributed by atoms with Gasteiger partial charge in [0.25, 0.3) is 15.9 Å². The number of benzene rings is 1. The lowest BCUT2D eigenvalue weighted by atomic mass is 10.1. The molecule has 0 unspecified atom stereocenters. The van der Waals surface area contributed by atoms with Gasteiger partial charge in [0, 0.05) is 23.8 Å². The number of nitrogens with one attached hydrogen (secondary N) is 2. The number of sulfonamides is 1. The predicted molar refractivity (Wildman–Crippen MR) is 105 cm³/mol.